The first-order chi connectivity index (χ1) is 16.5. The number of hydrogen-bond donors (Lipinski definition) is 0. The molecule has 0 aliphatic carbocycles. The van der Waals surface area contributed by atoms with Crippen LogP contribution in [0.1, 0.15) is 10.4 Å². The third-order valence-corrected chi connectivity index (χ3v) is 7.77. The molecule has 1 saturated heterocycles. The number of hydrogen-bond acceptors (Lipinski definition) is 5. The first-order valence-corrected chi connectivity index (χ1v) is 12.4. The molecule has 0 spiro atoms. The summed E-state index contributed by atoms with van der Waals surface area (Å²) in [4.78, 5) is 19.7. The normalized spacial score (nSPS) is 14.8. The number of nitrogens with zero attached hydrogens (tertiary/aromatic N) is 3. The zero-order chi connectivity index (χ0) is 23.5. The summed E-state index contributed by atoms with van der Waals surface area (Å²) in [5, 5.41) is 0. The van der Waals surface area contributed by atoms with Crippen molar-refractivity contribution in [3.63, 3.8) is 0 Å². The van der Waals surface area contributed by atoms with Crippen LogP contribution in [-0.2, 0) is 10.0 Å². The largest absolute Gasteiger partial charge is 0.436 e. The van der Waals surface area contributed by atoms with E-state index in [9.17, 15) is 13.2 Å². The van der Waals surface area contributed by atoms with E-state index in [1.165, 1.54) is 4.31 Å². The van der Waals surface area contributed by atoms with Crippen molar-refractivity contribution < 1.29 is 17.6 Å². The molecule has 1 amide bonds. The third kappa shape index (κ3) is 4.25. The highest BCUT2D eigenvalue weighted by Crippen LogP contribution is 2.29. The topological polar surface area (TPSA) is 83.7 Å². The Bertz CT molecular complexity index is 1390. The Balaban J connectivity index is 1.34. The van der Waals surface area contributed by atoms with Crippen molar-refractivity contribution in [1.29, 1.82) is 0 Å². The molecule has 5 rings (SSSR count). The lowest BCUT2D eigenvalue weighted by molar-refractivity contribution is 0.0698. The predicted molar refractivity (Wildman–Crippen MR) is 128 cm³/mol. The van der Waals surface area contributed by atoms with Gasteiger partial charge >= 0.3 is 0 Å². The lowest BCUT2D eigenvalue weighted by Gasteiger charge is -2.34. The number of aromatic nitrogens is 1. The van der Waals surface area contributed by atoms with Crippen LogP contribution >= 0.6 is 0 Å². The zero-order valence-corrected chi connectivity index (χ0v) is 19.2. The van der Waals surface area contributed by atoms with E-state index < -0.39 is 10.0 Å². The van der Waals surface area contributed by atoms with Gasteiger partial charge in [-0.15, -0.1) is 0 Å². The van der Waals surface area contributed by atoms with Crippen LogP contribution < -0.4 is 0 Å². The number of benzene rings is 3. The fourth-order valence-electron chi connectivity index (χ4n) is 4.03. The van der Waals surface area contributed by atoms with E-state index in [0.717, 1.165) is 5.56 Å². The van der Waals surface area contributed by atoms with Crippen molar-refractivity contribution in [1.82, 2.24) is 14.2 Å². The molecule has 8 heteroatoms. The third-order valence-electron chi connectivity index (χ3n) is 5.86. The minimum atomic E-state index is -3.58. The van der Waals surface area contributed by atoms with Gasteiger partial charge < -0.3 is 9.32 Å². The molecular formula is C26H23N3O4S. The Kier molecular flexibility index (Phi) is 6.00. The maximum Gasteiger partial charge on any atom is 0.254 e. The second kappa shape index (κ2) is 9.24. The van der Waals surface area contributed by atoms with Gasteiger partial charge in [0, 0.05) is 37.3 Å². The lowest BCUT2D eigenvalue weighted by Crippen LogP contribution is -2.50. The number of carbonyl (C=O) groups is 1. The first-order valence-electron chi connectivity index (χ1n) is 11.0. The summed E-state index contributed by atoms with van der Waals surface area (Å²) in [6.07, 6.45) is 1.65. The molecule has 1 aliphatic rings. The minimum Gasteiger partial charge on any atom is -0.436 e. The Morgan fingerprint density at radius 2 is 1.41 bits per heavy atom. The van der Waals surface area contributed by atoms with Crippen molar-refractivity contribution in [2.75, 3.05) is 26.2 Å². The summed E-state index contributed by atoms with van der Waals surface area (Å²) in [7, 11) is -3.58. The maximum atomic E-state index is 13.4. The van der Waals surface area contributed by atoms with Crippen LogP contribution in [0.15, 0.2) is 100 Å². The Morgan fingerprint density at radius 3 is 2.12 bits per heavy atom. The Labute approximate surface area is 198 Å². The highest BCUT2D eigenvalue weighted by atomic mass is 32.2. The van der Waals surface area contributed by atoms with Gasteiger partial charge in [-0.05, 0) is 24.3 Å². The highest BCUT2D eigenvalue weighted by Gasteiger charge is 2.31. The van der Waals surface area contributed by atoms with Crippen LogP contribution in [0, 0.1) is 0 Å². The zero-order valence-electron chi connectivity index (χ0n) is 18.4. The second-order valence-corrected chi connectivity index (χ2v) is 9.89. The molecular weight excluding hydrogens is 450 g/mol. The van der Waals surface area contributed by atoms with E-state index in [1.807, 2.05) is 42.5 Å². The van der Waals surface area contributed by atoms with Gasteiger partial charge in [0.15, 0.2) is 5.76 Å². The van der Waals surface area contributed by atoms with E-state index >= 15 is 0 Å². The van der Waals surface area contributed by atoms with Crippen molar-refractivity contribution in [3.8, 4) is 22.8 Å². The van der Waals surface area contributed by atoms with Crippen molar-refractivity contribution >= 4 is 15.9 Å². The van der Waals surface area contributed by atoms with Crippen LogP contribution in [0.2, 0.25) is 0 Å². The molecule has 0 N–H and O–H groups in total. The Hall–Kier alpha value is -3.75. The van der Waals surface area contributed by atoms with Crippen LogP contribution in [0.3, 0.4) is 0 Å². The van der Waals surface area contributed by atoms with Crippen LogP contribution in [0.4, 0.5) is 0 Å². The SMILES string of the molecule is O=C(c1ccccc1-c1ncc(-c2ccccc2)o1)N1CCN(S(=O)(=O)c2ccccc2)CC1. The monoisotopic (exact) mass is 473 g/mol. The summed E-state index contributed by atoms with van der Waals surface area (Å²) >= 11 is 0. The van der Waals surface area contributed by atoms with Crippen LogP contribution in [-0.4, -0.2) is 54.7 Å². The van der Waals surface area contributed by atoms with Crippen molar-refractivity contribution in [3.05, 3.63) is 96.7 Å². The van der Waals surface area contributed by atoms with Crippen LogP contribution in [0.25, 0.3) is 22.8 Å². The van der Waals surface area contributed by atoms with Gasteiger partial charge in [0.05, 0.1) is 16.7 Å². The molecule has 0 unspecified atom stereocenters. The molecule has 4 aromatic rings. The molecule has 2 heterocycles. The molecule has 3 aromatic carbocycles. The fourth-order valence-corrected chi connectivity index (χ4v) is 5.48. The van der Waals surface area contributed by atoms with Crippen LogP contribution in [0.5, 0.6) is 0 Å². The highest BCUT2D eigenvalue weighted by molar-refractivity contribution is 7.89. The van der Waals surface area contributed by atoms with Crippen molar-refractivity contribution in [2.45, 2.75) is 4.90 Å². The molecule has 172 valence electrons. The average molecular weight is 474 g/mol. The van der Waals surface area contributed by atoms with Gasteiger partial charge in [-0.2, -0.15) is 4.31 Å². The number of piperazine rings is 1. The standard InChI is InChI=1S/C26H23N3O4S/c30-26(28-15-17-29(18-16-28)34(31,32)21-11-5-2-6-12-21)23-14-8-7-13-22(23)25-27-19-24(33-25)20-9-3-1-4-10-20/h1-14,19H,15-18H2. The van der Waals surface area contributed by atoms with E-state index in [0.29, 0.717) is 35.9 Å². The molecule has 7 nitrogen and oxygen atoms in total. The maximum absolute atomic E-state index is 13.4. The Morgan fingerprint density at radius 1 is 0.794 bits per heavy atom. The minimum absolute atomic E-state index is 0.174. The smallest absolute Gasteiger partial charge is 0.254 e. The van der Waals surface area contributed by atoms with Gasteiger partial charge in [-0.25, -0.2) is 13.4 Å². The van der Waals surface area contributed by atoms with E-state index in [4.69, 9.17) is 4.42 Å². The molecule has 1 aliphatic heterocycles. The van der Waals surface area contributed by atoms with E-state index in [1.54, 1.807) is 53.6 Å². The average Bonchev–Trinajstić information content (AvgIpc) is 3.40. The fraction of sp³-hybridized carbons (Fsp3) is 0.154. The molecule has 34 heavy (non-hydrogen) atoms. The molecule has 1 fully saturated rings. The number of carbonyl (C=O) groups excluding carboxylic acids is 1. The van der Waals surface area contributed by atoms with Gasteiger partial charge in [0.1, 0.15) is 0 Å². The molecule has 0 radical (unpaired) electrons. The second-order valence-electron chi connectivity index (χ2n) is 7.95. The lowest BCUT2D eigenvalue weighted by atomic mass is 10.1. The number of amides is 1. The summed E-state index contributed by atoms with van der Waals surface area (Å²) in [6.45, 7) is 1.09. The summed E-state index contributed by atoms with van der Waals surface area (Å²) in [5.41, 5.74) is 1.98. The quantitative estimate of drug-likeness (QED) is 0.435. The van der Waals surface area contributed by atoms with Gasteiger partial charge in [-0.1, -0.05) is 60.7 Å². The number of sulfonamides is 1. The van der Waals surface area contributed by atoms with E-state index in [2.05, 4.69) is 4.98 Å². The predicted octanol–water partition coefficient (Wildman–Crippen LogP) is 4.16. The summed E-state index contributed by atoms with van der Waals surface area (Å²) in [5.74, 6) is 0.817. The number of rotatable bonds is 5. The summed E-state index contributed by atoms with van der Waals surface area (Å²) in [6, 6.07) is 25.2. The molecule has 0 atom stereocenters. The van der Waals surface area contributed by atoms with Gasteiger partial charge in [-0.3, -0.25) is 4.79 Å². The molecule has 0 saturated carbocycles. The van der Waals surface area contributed by atoms with Gasteiger partial charge in [0.25, 0.3) is 5.91 Å². The summed E-state index contributed by atoms with van der Waals surface area (Å²) < 4.78 is 33.2. The van der Waals surface area contributed by atoms with E-state index in [-0.39, 0.29) is 23.9 Å². The molecule has 1 aromatic heterocycles. The number of oxazole rings is 1. The first kappa shape index (κ1) is 22.1. The van der Waals surface area contributed by atoms with Crippen molar-refractivity contribution in [2.24, 2.45) is 0 Å². The van der Waals surface area contributed by atoms with Gasteiger partial charge in [0.2, 0.25) is 15.9 Å². The molecule has 0 bridgehead atoms.